The van der Waals surface area contributed by atoms with E-state index in [0.29, 0.717) is 17.9 Å². The second-order valence-corrected chi connectivity index (χ2v) is 7.44. The normalized spacial score (nSPS) is 17.9. The maximum Gasteiger partial charge on any atom is 0.286 e. The van der Waals surface area contributed by atoms with Crippen LogP contribution in [0.4, 0.5) is 4.79 Å². The lowest BCUT2D eigenvalue weighted by atomic mass is 10.1. The van der Waals surface area contributed by atoms with Crippen molar-refractivity contribution in [1.82, 2.24) is 10.3 Å². The molecule has 1 aliphatic heterocycles. The average molecular weight is 372 g/mol. The maximum absolute atomic E-state index is 11.6. The third-order valence-corrected chi connectivity index (χ3v) is 4.96. The summed E-state index contributed by atoms with van der Waals surface area (Å²) in [7, 11) is 0. The minimum atomic E-state index is -0.808. The zero-order valence-corrected chi connectivity index (χ0v) is 15.4. The molecule has 0 aliphatic carbocycles. The van der Waals surface area contributed by atoms with E-state index in [9.17, 15) is 14.7 Å². The Labute approximate surface area is 156 Å². The number of aromatic nitrogens is 1. The van der Waals surface area contributed by atoms with Crippen molar-refractivity contribution in [3.05, 3.63) is 58.9 Å². The van der Waals surface area contributed by atoms with Crippen molar-refractivity contribution in [2.24, 2.45) is 0 Å². The summed E-state index contributed by atoms with van der Waals surface area (Å²) in [6, 6.07) is 11.1. The number of carbonyl (C=O) groups is 2. The fraction of sp³-hybridized carbons (Fsp3) is 0.316. The quantitative estimate of drug-likeness (QED) is 0.811. The van der Waals surface area contributed by atoms with Crippen LogP contribution < -0.4 is 10.1 Å². The monoisotopic (exact) mass is 372 g/mol. The zero-order valence-electron chi connectivity index (χ0n) is 14.6. The fourth-order valence-corrected chi connectivity index (χ4v) is 3.63. The van der Waals surface area contributed by atoms with Crippen LogP contribution in [0.5, 0.6) is 5.75 Å². The molecule has 2 aromatic rings. The van der Waals surface area contributed by atoms with E-state index in [-0.39, 0.29) is 23.0 Å². The average Bonchev–Trinajstić information content (AvgIpc) is 2.90. The van der Waals surface area contributed by atoms with E-state index in [1.165, 1.54) is 0 Å². The van der Waals surface area contributed by atoms with Crippen molar-refractivity contribution in [2.45, 2.75) is 31.6 Å². The molecule has 2 unspecified atom stereocenters. The van der Waals surface area contributed by atoms with Crippen molar-refractivity contribution < 1.29 is 19.4 Å². The molecule has 0 radical (unpaired) electrons. The van der Waals surface area contributed by atoms with Crippen molar-refractivity contribution in [3.63, 3.8) is 0 Å². The Balaban J connectivity index is 1.55. The van der Waals surface area contributed by atoms with E-state index in [1.54, 1.807) is 12.1 Å². The molecule has 1 aromatic heterocycles. The van der Waals surface area contributed by atoms with E-state index in [1.807, 2.05) is 38.1 Å². The first-order valence-electron chi connectivity index (χ1n) is 8.27. The summed E-state index contributed by atoms with van der Waals surface area (Å²) in [6.07, 6.45) is -0.324. The predicted molar refractivity (Wildman–Crippen MR) is 99.2 cm³/mol. The molecule has 6 nitrogen and oxygen atoms in total. The highest BCUT2D eigenvalue weighted by Gasteiger charge is 2.31. The number of amides is 2. The summed E-state index contributed by atoms with van der Waals surface area (Å²) in [6.45, 7) is 3.95. The first kappa shape index (κ1) is 18.4. The first-order valence-corrected chi connectivity index (χ1v) is 9.15. The molecular formula is C19H20N2O4S. The van der Waals surface area contributed by atoms with E-state index in [2.05, 4.69) is 10.3 Å². The number of ether oxygens (including phenoxy) is 1. The number of benzene rings is 1. The Morgan fingerprint density at radius 1 is 1.23 bits per heavy atom. The molecule has 2 heterocycles. The van der Waals surface area contributed by atoms with Gasteiger partial charge >= 0.3 is 0 Å². The van der Waals surface area contributed by atoms with Gasteiger partial charge in [0.2, 0.25) is 5.91 Å². The van der Waals surface area contributed by atoms with Crippen LogP contribution in [0.2, 0.25) is 0 Å². The highest BCUT2D eigenvalue weighted by molar-refractivity contribution is 8.15. The molecule has 2 N–H and O–H groups in total. The van der Waals surface area contributed by atoms with Crippen LogP contribution in [0, 0.1) is 13.8 Å². The second kappa shape index (κ2) is 7.88. The van der Waals surface area contributed by atoms with Gasteiger partial charge in [0.1, 0.15) is 18.5 Å². The number of hydrogen-bond acceptors (Lipinski definition) is 6. The Morgan fingerprint density at radius 2 is 1.96 bits per heavy atom. The van der Waals surface area contributed by atoms with Gasteiger partial charge in [0.05, 0.1) is 10.9 Å². The number of rotatable bonds is 6. The number of carbonyl (C=O) groups excluding carboxylic acids is 2. The molecule has 26 heavy (non-hydrogen) atoms. The molecule has 1 fully saturated rings. The lowest BCUT2D eigenvalue weighted by molar-refractivity contribution is -0.118. The number of thioether (sulfide) groups is 1. The van der Waals surface area contributed by atoms with Crippen LogP contribution in [0.25, 0.3) is 0 Å². The van der Waals surface area contributed by atoms with Crippen LogP contribution in [-0.2, 0) is 11.2 Å². The first-order chi connectivity index (χ1) is 12.4. The number of hydrogen-bond donors (Lipinski definition) is 2. The molecule has 7 heteroatoms. The smallest absolute Gasteiger partial charge is 0.286 e. The van der Waals surface area contributed by atoms with Crippen molar-refractivity contribution in [2.75, 3.05) is 6.61 Å². The number of aryl methyl sites for hydroxylation is 2. The predicted octanol–water partition coefficient (Wildman–Crippen LogP) is 2.70. The largest absolute Gasteiger partial charge is 0.490 e. The maximum atomic E-state index is 11.6. The standard InChI is InChI=1S/C19H20N2O4S/c1-11-7-12(2)20-15(8-11)16(22)10-25-14-5-3-13(4-6-14)9-17-18(23)21-19(24)26-17/h3-8,16-17,22H,9-10H2,1-2H3,(H,21,23,24). The Hall–Kier alpha value is -2.38. The molecule has 0 spiro atoms. The number of nitrogens with one attached hydrogen (secondary N) is 1. The SMILES string of the molecule is Cc1cc(C)nc(C(O)COc2ccc(CC3SC(=O)NC3=O)cc2)c1. The third kappa shape index (κ3) is 4.62. The van der Waals surface area contributed by atoms with E-state index in [0.717, 1.165) is 28.6 Å². The van der Waals surface area contributed by atoms with Crippen LogP contribution in [0.15, 0.2) is 36.4 Å². The summed E-state index contributed by atoms with van der Waals surface area (Å²) in [5, 5.41) is 11.9. The van der Waals surface area contributed by atoms with Crippen molar-refractivity contribution in [3.8, 4) is 5.75 Å². The number of pyridine rings is 1. The summed E-state index contributed by atoms with van der Waals surface area (Å²) in [5.41, 5.74) is 3.43. The van der Waals surface area contributed by atoms with Gasteiger partial charge in [0.15, 0.2) is 0 Å². The molecule has 1 saturated heterocycles. The third-order valence-electron chi connectivity index (χ3n) is 3.98. The summed E-state index contributed by atoms with van der Waals surface area (Å²) in [5.74, 6) is 0.376. The van der Waals surface area contributed by atoms with Gasteiger partial charge in [-0.05, 0) is 55.7 Å². The highest BCUT2D eigenvalue weighted by Crippen LogP contribution is 2.24. The van der Waals surface area contributed by atoms with E-state index in [4.69, 9.17) is 4.74 Å². The topological polar surface area (TPSA) is 88.5 Å². The van der Waals surface area contributed by atoms with Crippen molar-refractivity contribution >= 4 is 22.9 Å². The molecule has 0 saturated carbocycles. The molecule has 136 valence electrons. The molecule has 2 atom stereocenters. The summed E-state index contributed by atoms with van der Waals surface area (Å²) in [4.78, 5) is 27.1. The fourth-order valence-electron chi connectivity index (χ4n) is 2.77. The lowest BCUT2D eigenvalue weighted by Crippen LogP contribution is -2.25. The zero-order chi connectivity index (χ0) is 18.7. The number of aliphatic hydroxyl groups excluding tert-OH is 1. The molecule has 1 aromatic carbocycles. The van der Waals surface area contributed by atoms with Gasteiger partial charge in [-0.1, -0.05) is 23.9 Å². The number of aliphatic hydroxyl groups is 1. The van der Waals surface area contributed by atoms with E-state index >= 15 is 0 Å². The number of nitrogens with zero attached hydrogens (tertiary/aromatic N) is 1. The van der Waals surface area contributed by atoms with E-state index < -0.39 is 6.10 Å². The number of imide groups is 1. The van der Waals surface area contributed by atoms with Crippen LogP contribution in [-0.4, -0.2) is 33.1 Å². The summed E-state index contributed by atoms with van der Waals surface area (Å²) >= 11 is 1.02. The van der Waals surface area contributed by atoms with Gasteiger partial charge in [-0.3, -0.25) is 19.9 Å². The lowest BCUT2D eigenvalue weighted by Gasteiger charge is -2.14. The molecular weight excluding hydrogens is 352 g/mol. The van der Waals surface area contributed by atoms with Gasteiger partial charge in [0.25, 0.3) is 5.24 Å². The van der Waals surface area contributed by atoms with Gasteiger partial charge in [-0.2, -0.15) is 0 Å². The van der Waals surface area contributed by atoms with Crippen molar-refractivity contribution in [1.29, 1.82) is 0 Å². The minimum Gasteiger partial charge on any atom is -0.490 e. The molecule has 1 aliphatic rings. The second-order valence-electron chi connectivity index (χ2n) is 6.27. The minimum absolute atomic E-state index is 0.102. The molecule has 2 amide bonds. The van der Waals surface area contributed by atoms with Gasteiger partial charge in [0, 0.05) is 5.69 Å². The van der Waals surface area contributed by atoms with Crippen LogP contribution >= 0.6 is 11.8 Å². The van der Waals surface area contributed by atoms with Gasteiger partial charge < -0.3 is 9.84 Å². The van der Waals surface area contributed by atoms with Crippen LogP contribution in [0.3, 0.4) is 0 Å². The van der Waals surface area contributed by atoms with Gasteiger partial charge in [-0.15, -0.1) is 0 Å². The Bertz CT molecular complexity index is 803. The molecule has 3 rings (SSSR count). The Kier molecular flexibility index (Phi) is 5.58. The Morgan fingerprint density at radius 3 is 2.58 bits per heavy atom. The summed E-state index contributed by atoms with van der Waals surface area (Å²) < 4.78 is 5.64. The van der Waals surface area contributed by atoms with Gasteiger partial charge in [-0.25, -0.2) is 0 Å². The van der Waals surface area contributed by atoms with Crippen LogP contribution in [0.1, 0.15) is 28.6 Å². The molecule has 0 bridgehead atoms. The highest BCUT2D eigenvalue weighted by atomic mass is 32.2.